The summed E-state index contributed by atoms with van der Waals surface area (Å²) in [7, 11) is 0. The van der Waals surface area contributed by atoms with Crippen molar-refractivity contribution in [1.29, 1.82) is 0 Å². The Morgan fingerprint density at radius 2 is 1.61 bits per heavy atom. The number of hydrogen-bond acceptors (Lipinski definition) is 5. The largest absolute Gasteiger partial charge is 0.369 e. The van der Waals surface area contributed by atoms with Crippen molar-refractivity contribution in [2.45, 2.75) is 6.42 Å². The third-order valence-corrected chi connectivity index (χ3v) is 4.10. The average Bonchev–Trinajstić information content (AvgIpc) is 2.69. The van der Waals surface area contributed by atoms with Gasteiger partial charge in [-0.15, -0.1) is 0 Å². The predicted octanol–water partition coefficient (Wildman–Crippen LogP) is 3.60. The van der Waals surface area contributed by atoms with E-state index in [2.05, 4.69) is 5.32 Å². The minimum Gasteiger partial charge on any atom is -0.369 e. The van der Waals surface area contributed by atoms with E-state index in [0.29, 0.717) is 11.3 Å². The van der Waals surface area contributed by atoms with E-state index in [0.717, 1.165) is 5.56 Å². The highest BCUT2D eigenvalue weighted by Crippen LogP contribution is 2.29. The molecular formula is C21H17N3O4. The molecule has 0 radical (unpaired) electrons. The summed E-state index contributed by atoms with van der Waals surface area (Å²) in [4.78, 5) is 34.5. The number of primary amides is 1. The highest BCUT2D eigenvalue weighted by Gasteiger charge is 2.18. The van der Waals surface area contributed by atoms with Gasteiger partial charge in [0, 0.05) is 22.9 Å². The Kier molecular flexibility index (Phi) is 5.45. The van der Waals surface area contributed by atoms with E-state index in [1.165, 1.54) is 12.1 Å². The topological polar surface area (TPSA) is 115 Å². The Morgan fingerprint density at radius 3 is 2.21 bits per heavy atom. The number of benzene rings is 3. The van der Waals surface area contributed by atoms with Crippen molar-refractivity contribution in [2.24, 2.45) is 5.73 Å². The SMILES string of the molecule is NC(=O)Cc1ccc(Nc2ccc(C(=O)c3ccccc3)cc2[N+](=O)[O-])cc1. The first-order valence-corrected chi connectivity index (χ1v) is 8.46. The summed E-state index contributed by atoms with van der Waals surface area (Å²) in [6, 6.07) is 19.7. The maximum absolute atomic E-state index is 12.5. The van der Waals surface area contributed by atoms with Crippen LogP contribution >= 0.6 is 0 Å². The van der Waals surface area contributed by atoms with E-state index < -0.39 is 10.8 Å². The van der Waals surface area contributed by atoms with Crippen LogP contribution in [0.4, 0.5) is 17.1 Å². The first kappa shape index (κ1) is 18.8. The molecule has 0 aromatic heterocycles. The highest BCUT2D eigenvalue weighted by atomic mass is 16.6. The minimum atomic E-state index is -0.536. The van der Waals surface area contributed by atoms with Crippen molar-refractivity contribution in [1.82, 2.24) is 0 Å². The Labute approximate surface area is 161 Å². The standard InChI is InChI=1S/C21H17N3O4/c22-20(25)12-14-6-9-17(10-7-14)23-18-11-8-16(13-19(18)24(27)28)21(26)15-4-2-1-3-5-15/h1-11,13,23H,12H2,(H2,22,25). The number of nitrogens with two attached hydrogens (primary N) is 1. The Bertz CT molecular complexity index is 1030. The fourth-order valence-corrected chi connectivity index (χ4v) is 2.75. The number of ketones is 1. The summed E-state index contributed by atoms with van der Waals surface area (Å²) in [5.41, 5.74) is 7.27. The van der Waals surface area contributed by atoms with Crippen molar-refractivity contribution in [3.8, 4) is 0 Å². The number of carbonyl (C=O) groups excluding carboxylic acids is 2. The summed E-state index contributed by atoms with van der Waals surface area (Å²) in [5, 5.41) is 14.5. The van der Waals surface area contributed by atoms with Gasteiger partial charge in [-0.2, -0.15) is 0 Å². The van der Waals surface area contributed by atoms with E-state index in [9.17, 15) is 19.7 Å². The van der Waals surface area contributed by atoms with Crippen LogP contribution in [0, 0.1) is 10.1 Å². The molecular weight excluding hydrogens is 358 g/mol. The van der Waals surface area contributed by atoms with Gasteiger partial charge in [-0.05, 0) is 29.8 Å². The second kappa shape index (κ2) is 8.13. The van der Waals surface area contributed by atoms with Crippen molar-refractivity contribution >= 4 is 28.8 Å². The number of amides is 1. The number of nitro groups is 1. The summed E-state index contributed by atoms with van der Waals surface area (Å²) < 4.78 is 0. The number of carbonyl (C=O) groups is 2. The molecule has 0 fully saturated rings. The fourth-order valence-electron chi connectivity index (χ4n) is 2.75. The van der Waals surface area contributed by atoms with Gasteiger partial charge in [0.25, 0.3) is 5.69 Å². The molecule has 3 N–H and O–H groups in total. The molecule has 0 heterocycles. The molecule has 0 aliphatic carbocycles. The third kappa shape index (κ3) is 4.39. The van der Waals surface area contributed by atoms with Gasteiger partial charge in [0.2, 0.25) is 5.91 Å². The molecule has 0 bridgehead atoms. The second-order valence-corrected chi connectivity index (χ2v) is 6.15. The molecule has 0 spiro atoms. The molecule has 0 aliphatic rings. The third-order valence-electron chi connectivity index (χ3n) is 4.10. The minimum absolute atomic E-state index is 0.122. The second-order valence-electron chi connectivity index (χ2n) is 6.15. The normalized spacial score (nSPS) is 10.3. The van der Waals surface area contributed by atoms with Gasteiger partial charge >= 0.3 is 0 Å². The smallest absolute Gasteiger partial charge is 0.293 e. The molecule has 7 heteroatoms. The van der Waals surface area contributed by atoms with Gasteiger partial charge in [-0.25, -0.2) is 0 Å². The Balaban J connectivity index is 1.86. The maximum atomic E-state index is 12.5. The highest BCUT2D eigenvalue weighted by molar-refractivity contribution is 6.09. The molecule has 3 rings (SSSR count). The predicted molar refractivity (Wildman–Crippen MR) is 106 cm³/mol. The van der Waals surface area contributed by atoms with E-state index in [1.54, 1.807) is 60.7 Å². The summed E-state index contributed by atoms with van der Waals surface area (Å²) >= 11 is 0. The molecule has 3 aromatic rings. The summed E-state index contributed by atoms with van der Waals surface area (Å²) in [6.07, 6.45) is 0.122. The van der Waals surface area contributed by atoms with Crippen LogP contribution in [0.5, 0.6) is 0 Å². The van der Waals surface area contributed by atoms with Crippen LogP contribution in [0.25, 0.3) is 0 Å². The van der Waals surface area contributed by atoms with Gasteiger partial charge in [-0.3, -0.25) is 19.7 Å². The lowest BCUT2D eigenvalue weighted by Gasteiger charge is -2.09. The van der Waals surface area contributed by atoms with E-state index >= 15 is 0 Å². The molecule has 3 aromatic carbocycles. The Hall–Kier alpha value is -4.00. The monoisotopic (exact) mass is 375 g/mol. The van der Waals surface area contributed by atoms with Crippen LogP contribution in [0.1, 0.15) is 21.5 Å². The molecule has 1 amide bonds. The summed E-state index contributed by atoms with van der Waals surface area (Å²) in [5.74, 6) is -0.721. The van der Waals surface area contributed by atoms with Gasteiger partial charge in [0.15, 0.2) is 5.78 Å². The van der Waals surface area contributed by atoms with Crippen LogP contribution in [-0.2, 0) is 11.2 Å². The lowest BCUT2D eigenvalue weighted by Crippen LogP contribution is -2.13. The van der Waals surface area contributed by atoms with Crippen molar-refractivity contribution < 1.29 is 14.5 Å². The van der Waals surface area contributed by atoms with Crippen LogP contribution in [0.15, 0.2) is 72.8 Å². The lowest BCUT2D eigenvalue weighted by molar-refractivity contribution is -0.383. The number of nitrogens with zero attached hydrogens (tertiary/aromatic N) is 1. The van der Waals surface area contributed by atoms with Gasteiger partial charge < -0.3 is 11.1 Å². The van der Waals surface area contributed by atoms with Gasteiger partial charge in [0.05, 0.1) is 11.3 Å². The van der Waals surface area contributed by atoms with Crippen LogP contribution in [-0.4, -0.2) is 16.6 Å². The number of nitrogens with one attached hydrogen (secondary N) is 1. The molecule has 0 saturated heterocycles. The average molecular weight is 375 g/mol. The molecule has 140 valence electrons. The number of hydrogen-bond donors (Lipinski definition) is 2. The summed E-state index contributed by atoms with van der Waals surface area (Å²) in [6.45, 7) is 0. The van der Waals surface area contributed by atoms with Crippen molar-refractivity contribution in [3.05, 3.63) is 99.6 Å². The van der Waals surface area contributed by atoms with Gasteiger partial charge in [-0.1, -0.05) is 42.5 Å². The van der Waals surface area contributed by atoms with Gasteiger partial charge in [0.1, 0.15) is 5.69 Å². The number of rotatable bonds is 7. The van der Waals surface area contributed by atoms with E-state index in [-0.39, 0.29) is 29.1 Å². The zero-order chi connectivity index (χ0) is 20.1. The molecule has 0 saturated carbocycles. The van der Waals surface area contributed by atoms with Crippen LogP contribution in [0.3, 0.4) is 0 Å². The zero-order valence-corrected chi connectivity index (χ0v) is 14.8. The van der Waals surface area contributed by atoms with Crippen LogP contribution in [0.2, 0.25) is 0 Å². The molecule has 0 aliphatic heterocycles. The molecule has 28 heavy (non-hydrogen) atoms. The van der Waals surface area contributed by atoms with E-state index in [1.807, 2.05) is 0 Å². The maximum Gasteiger partial charge on any atom is 0.293 e. The van der Waals surface area contributed by atoms with Crippen LogP contribution < -0.4 is 11.1 Å². The van der Waals surface area contributed by atoms with Crippen molar-refractivity contribution in [2.75, 3.05) is 5.32 Å². The molecule has 0 atom stereocenters. The molecule has 0 unspecified atom stereocenters. The number of anilines is 2. The van der Waals surface area contributed by atoms with E-state index in [4.69, 9.17) is 5.73 Å². The molecule has 7 nitrogen and oxygen atoms in total. The first-order valence-electron chi connectivity index (χ1n) is 8.46. The lowest BCUT2D eigenvalue weighted by atomic mass is 10.0. The first-order chi connectivity index (χ1) is 13.4. The Morgan fingerprint density at radius 1 is 0.929 bits per heavy atom. The quantitative estimate of drug-likeness (QED) is 0.372. The zero-order valence-electron chi connectivity index (χ0n) is 14.8. The van der Waals surface area contributed by atoms with Crippen molar-refractivity contribution in [3.63, 3.8) is 0 Å². The fraction of sp³-hybridized carbons (Fsp3) is 0.0476. The number of nitro benzene ring substituents is 1.